The van der Waals surface area contributed by atoms with Crippen molar-refractivity contribution < 1.29 is 27.5 Å². The Kier molecular flexibility index (Phi) is 7.64. The highest BCUT2D eigenvalue weighted by Gasteiger charge is 2.19. The molecule has 29 heavy (non-hydrogen) atoms. The van der Waals surface area contributed by atoms with Crippen LogP contribution in [0.1, 0.15) is 22.8 Å². The van der Waals surface area contributed by atoms with Crippen LogP contribution in [0, 0.1) is 0 Å². The van der Waals surface area contributed by atoms with E-state index in [0.29, 0.717) is 13.2 Å². The smallest absolute Gasteiger partial charge is 0.340 e. The molecule has 0 N–H and O–H groups in total. The fraction of sp³-hybridized carbons (Fsp3) is 0.300. The van der Waals surface area contributed by atoms with Gasteiger partial charge in [-0.3, -0.25) is 4.79 Å². The van der Waals surface area contributed by atoms with Crippen LogP contribution in [0.25, 0.3) is 0 Å². The summed E-state index contributed by atoms with van der Waals surface area (Å²) in [5.74, 6) is -0.543. The topological polar surface area (TPSA) is 90.0 Å². The van der Waals surface area contributed by atoms with Gasteiger partial charge in [0.05, 0.1) is 22.1 Å². The zero-order valence-corrected chi connectivity index (χ0v) is 17.9. The largest absolute Gasteiger partial charge is 0.494 e. The number of nitrogens with zero attached hydrogens (tertiary/aromatic N) is 1. The predicted molar refractivity (Wildman–Crippen MR) is 109 cm³/mol. The summed E-state index contributed by atoms with van der Waals surface area (Å²) in [6.45, 7) is 2.30. The molecule has 0 radical (unpaired) electrons. The molecule has 0 bridgehead atoms. The van der Waals surface area contributed by atoms with Gasteiger partial charge in [0.2, 0.25) is 0 Å². The number of carbonyl (C=O) groups excluding carboxylic acids is 2. The van der Waals surface area contributed by atoms with Crippen molar-refractivity contribution in [3.05, 3.63) is 58.6 Å². The molecular formula is C20H22ClNO6S. The van der Waals surface area contributed by atoms with Crippen LogP contribution in [0.5, 0.6) is 5.75 Å². The number of halogens is 1. The number of sulfone groups is 1. The van der Waals surface area contributed by atoms with Gasteiger partial charge in [0.25, 0.3) is 5.91 Å². The first kappa shape index (κ1) is 22.7. The number of esters is 1. The molecule has 0 fully saturated rings. The average molecular weight is 440 g/mol. The molecule has 0 saturated heterocycles. The third-order valence-corrected chi connectivity index (χ3v) is 5.43. The van der Waals surface area contributed by atoms with Gasteiger partial charge in [-0.1, -0.05) is 23.7 Å². The molecule has 9 heteroatoms. The summed E-state index contributed by atoms with van der Waals surface area (Å²) < 4.78 is 33.7. The molecule has 0 unspecified atom stereocenters. The predicted octanol–water partition coefficient (Wildman–Crippen LogP) is 2.96. The number of rotatable bonds is 8. The molecule has 0 heterocycles. The Balaban J connectivity index is 1.96. The van der Waals surface area contributed by atoms with Gasteiger partial charge < -0.3 is 14.4 Å². The van der Waals surface area contributed by atoms with Crippen LogP contribution in [-0.4, -0.2) is 51.7 Å². The SMILES string of the molecule is CCOc1ccc(CN(C)C(=O)COC(=O)c2cc(S(C)(=O)=O)ccc2Cl)cc1. The lowest BCUT2D eigenvalue weighted by Crippen LogP contribution is -2.30. The van der Waals surface area contributed by atoms with Crippen molar-refractivity contribution in [2.75, 3.05) is 26.5 Å². The van der Waals surface area contributed by atoms with Crippen molar-refractivity contribution in [2.24, 2.45) is 0 Å². The molecule has 0 aliphatic heterocycles. The maximum absolute atomic E-state index is 12.3. The van der Waals surface area contributed by atoms with Gasteiger partial charge in [-0.25, -0.2) is 13.2 Å². The Morgan fingerprint density at radius 1 is 1.10 bits per heavy atom. The molecule has 7 nitrogen and oxygen atoms in total. The number of likely N-dealkylation sites (N-methyl/N-ethyl adjacent to an activating group) is 1. The highest BCUT2D eigenvalue weighted by molar-refractivity contribution is 7.90. The third-order valence-electron chi connectivity index (χ3n) is 3.99. The van der Waals surface area contributed by atoms with E-state index in [0.717, 1.165) is 23.6 Å². The van der Waals surface area contributed by atoms with Crippen molar-refractivity contribution in [1.29, 1.82) is 0 Å². The molecule has 0 saturated carbocycles. The summed E-state index contributed by atoms with van der Waals surface area (Å²) in [5.41, 5.74) is 0.774. The van der Waals surface area contributed by atoms with Crippen LogP contribution < -0.4 is 4.74 Å². The van der Waals surface area contributed by atoms with Gasteiger partial charge in [-0.05, 0) is 42.8 Å². The molecule has 0 atom stereocenters. The summed E-state index contributed by atoms with van der Waals surface area (Å²) >= 11 is 5.96. The van der Waals surface area contributed by atoms with E-state index in [-0.39, 0.29) is 15.5 Å². The van der Waals surface area contributed by atoms with Gasteiger partial charge in [-0.15, -0.1) is 0 Å². The quantitative estimate of drug-likeness (QED) is 0.587. The fourth-order valence-electron chi connectivity index (χ4n) is 2.43. The Labute approximate surface area is 175 Å². The van der Waals surface area contributed by atoms with E-state index in [1.807, 2.05) is 31.2 Å². The first-order valence-corrected chi connectivity index (χ1v) is 11.0. The summed E-state index contributed by atoms with van der Waals surface area (Å²) in [4.78, 5) is 25.9. The summed E-state index contributed by atoms with van der Waals surface area (Å²) in [7, 11) is -1.93. The first-order chi connectivity index (χ1) is 13.6. The Morgan fingerprint density at radius 3 is 2.34 bits per heavy atom. The normalized spacial score (nSPS) is 11.0. The zero-order chi connectivity index (χ0) is 21.6. The second kappa shape index (κ2) is 9.76. The summed E-state index contributed by atoms with van der Waals surface area (Å²) in [6, 6.07) is 11.0. The van der Waals surface area contributed by atoms with Crippen molar-refractivity contribution >= 4 is 33.3 Å². The van der Waals surface area contributed by atoms with E-state index in [1.54, 1.807) is 7.05 Å². The minimum absolute atomic E-state index is 0.0394. The molecule has 0 aliphatic carbocycles. The fourth-order valence-corrected chi connectivity index (χ4v) is 3.27. The lowest BCUT2D eigenvalue weighted by Gasteiger charge is -2.17. The van der Waals surface area contributed by atoms with Crippen LogP contribution in [0.15, 0.2) is 47.4 Å². The molecule has 1 amide bonds. The van der Waals surface area contributed by atoms with Crippen molar-refractivity contribution in [3.8, 4) is 5.75 Å². The van der Waals surface area contributed by atoms with E-state index < -0.39 is 28.3 Å². The summed E-state index contributed by atoms with van der Waals surface area (Å²) in [5, 5.41) is 0.0394. The van der Waals surface area contributed by atoms with Crippen LogP contribution >= 0.6 is 11.6 Å². The monoisotopic (exact) mass is 439 g/mol. The number of hydrogen-bond acceptors (Lipinski definition) is 6. The molecule has 2 rings (SSSR count). The third kappa shape index (κ3) is 6.47. The van der Waals surface area contributed by atoms with E-state index in [1.165, 1.54) is 17.0 Å². The molecule has 0 spiro atoms. The Hall–Kier alpha value is -2.58. The average Bonchev–Trinajstić information content (AvgIpc) is 2.67. The number of hydrogen-bond donors (Lipinski definition) is 0. The Bertz CT molecular complexity index is 989. The maximum atomic E-state index is 12.3. The number of ether oxygens (including phenoxy) is 2. The van der Waals surface area contributed by atoms with Gasteiger partial charge in [0.15, 0.2) is 16.4 Å². The number of carbonyl (C=O) groups is 2. The lowest BCUT2D eigenvalue weighted by molar-refractivity contribution is -0.133. The number of benzene rings is 2. The van der Waals surface area contributed by atoms with Crippen molar-refractivity contribution in [1.82, 2.24) is 4.90 Å². The van der Waals surface area contributed by atoms with Crippen molar-refractivity contribution in [3.63, 3.8) is 0 Å². The van der Waals surface area contributed by atoms with Gasteiger partial charge >= 0.3 is 5.97 Å². The maximum Gasteiger partial charge on any atom is 0.340 e. The van der Waals surface area contributed by atoms with Crippen molar-refractivity contribution in [2.45, 2.75) is 18.4 Å². The van der Waals surface area contributed by atoms with Gasteiger partial charge in [0.1, 0.15) is 5.75 Å². The zero-order valence-electron chi connectivity index (χ0n) is 16.3. The van der Waals surface area contributed by atoms with Crippen LogP contribution in [0.2, 0.25) is 5.02 Å². The minimum atomic E-state index is -3.51. The van der Waals surface area contributed by atoms with Crippen LogP contribution in [0.4, 0.5) is 0 Å². The van der Waals surface area contributed by atoms with Gasteiger partial charge in [0, 0.05) is 19.8 Å². The lowest BCUT2D eigenvalue weighted by atomic mass is 10.2. The molecule has 0 aliphatic rings. The van der Waals surface area contributed by atoms with Gasteiger partial charge in [-0.2, -0.15) is 0 Å². The minimum Gasteiger partial charge on any atom is -0.494 e. The van der Waals surface area contributed by atoms with E-state index in [2.05, 4.69) is 0 Å². The molecule has 2 aromatic rings. The standard InChI is InChI=1S/C20H22ClNO6S/c1-4-27-15-7-5-14(6-8-15)12-22(2)19(23)13-28-20(24)17-11-16(29(3,25)26)9-10-18(17)21/h5-11H,4,12-13H2,1-3H3. The Morgan fingerprint density at radius 2 is 1.76 bits per heavy atom. The molecule has 0 aromatic heterocycles. The molecular weight excluding hydrogens is 418 g/mol. The van der Waals surface area contributed by atoms with E-state index >= 15 is 0 Å². The highest BCUT2D eigenvalue weighted by atomic mass is 35.5. The molecule has 156 valence electrons. The second-order valence-corrected chi connectivity index (χ2v) is 8.74. The first-order valence-electron chi connectivity index (χ1n) is 8.74. The van der Waals surface area contributed by atoms with Crippen LogP contribution in [-0.2, 0) is 25.9 Å². The van der Waals surface area contributed by atoms with E-state index in [4.69, 9.17) is 21.1 Å². The summed E-state index contributed by atoms with van der Waals surface area (Å²) in [6.07, 6.45) is 1.02. The van der Waals surface area contributed by atoms with Crippen LogP contribution in [0.3, 0.4) is 0 Å². The second-order valence-electron chi connectivity index (χ2n) is 6.32. The molecule has 2 aromatic carbocycles. The number of amides is 1. The van der Waals surface area contributed by atoms with E-state index in [9.17, 15) is 18.0 Å². The highest BCUT2D eigenvalue weighted by Crippen LogP contribution is 2.21.